The van der Waals surface area contributed by atoms with Crippen molar-refractivity contribution in [1.29, 1.82) is 0 Å². The average Bonchev–Trinajstić information content (AvgIpc) is 3.24. The molecule has 1 heterocycles. The molecular formula is C20H21ClN4O3S. The van der Waals surface area contributed by atoms with E-state index in [1.165, 1.54) is 19.2 Å². The highest BCUT2D eigenvalue weighted by molar-refractivity contribution is 7.92. The van der Waals surface area contributed by atoms with Crippen molar-refractivity contribution in [3.05, 3.63) is 77.8 Å². The van der Waals surface area contributed by atoms with Crippen LogP contribution in [0.1, 0.15) is 16.8 Å². The van der Waals surface area contributed by atoms with Gasteiger partial charge in [0.1, 0.15) is 0 Å². The molecule has 2 aromatic carbocycles. The number of amides is 1. The maximum Gasteiger partial charge on any atom is 0.264 e. The Labute approximate surface area is 175 Å². The molecule has 0 unspecified atom stereocenters. The summed E-state index contributed by atoms with van der Waals surface area (Å²) >= 11 is 5.97. The van der Waals surface area contributed by atoms with Gasteiger partial charge in [0, 0.05) is 43.1 Å². The Kier molecular flexibility index (Phi) is 6.56. The van der Waals surface area contributed by atoms with Gasteiger partial charge in [-0.2, -0.15) is 0 Å². The molecular weight excluding hydrogens is 412 g/mol. The molecule has 0 bridgehead atoms. The lowest BCUT2D eigenvalue weighted by molar-refractivity contribution is 0.0952. The number of nitrogens with one attached hydrogen (secondary N) is 1. The van der Waals surface area contributed by atoms with Crippen LogP contribution in [-0.4, -0.2) is 37.5 Å². The minimum Gasteiger partial charge on any atom is -0.352 e. The van der Waals surface area contributed by atoms with E-state index in [9.17, 15) is 13.2 Å². The topological polar surface area (TPSA) is 84.3 Å². The molecule has 7 nitrogen and oxygen atoms in total. The van der Waals surface area contributed by atoms with E-state index in [0.29, 0.717) is 17.3 Å². The third-order valence-corrected chi connectivity index (χ3v) is 6.38. The quantitative estimate of drug-likeness (QED) is 0.554. The zero-order chi connectivity index (χ0) is 20.9. The van der Waals surface area contributed by atoms with E-state index >= 15 is 0 Å². The van der Waals surface area contributed by atoms with Gasteiger partial charge < -0.3 is 9.88 Å². The molecule has 29 heavy (non-hydrogen) atoms. The fraction of sp³-hybridized carbons (Fsp3) is 0.200. The predicted octanol–water partition coefficient (Wildman–Crippen LogP) is 3.18. The van der Waals surface area contributed by atoms with Crippen LogP contribution in [0.2, 0.25) is 5.02 Å². The third-order valence-electron chi connectivity index (χ3n) is 4.36. The van der Waals surface area contributed by atoms with Crippen molar-refractivity contribution in [3.8, 4) is 0 Å². The largest absolute Gasteiger partial charge is 0.352 e. The van der Waals surface area contributed by atoms with Crippen LogP contribution in [0.5, 0.6) is 0 Å². The molecule has 0 radical (unpaired) electrons. The van der Waals surface area contributed by atoms with Crippen molar-refractivity contribution in [2.45, 2.75) is 17.9 Å². The maximum absolute atomic E-state index is 13.0. The van der Waals surface area contributed by atoms with Crippen molar-refractivity contribution in [3.63, 3.8) is 0 Å². The number of carbonyl (C=O) groups excluding carboxylic acids is 1. The number of aromatic nitrogens is 2. The van der Waals surface area contributed by atoms with Gasteiger partial charge in [0.15, 0.2) is 0 Å². The van der Waals surface area contributed by atoms with Gasteiger partial charge in [-0.3, -0.25) is 9.10 Å². The minimum absolute atomic E-state index is 0.0334. The van der Waals surface area contributed by atoms with Gasteiger partial charge in [0.05, 0.1) is 16.9 Å². The molecule has 1 amide bonds. The number of rotatable bonds is 8. The molecule has 0 aliphatic carbocycles. The van der Waals surface area contributed by atoms with Crippen molar-refractivity contribution in [1.82, 2.24) is 14.9 Å². The second-order valence-electron chi connectivity index (χ2n) is 6.39. The van der Waals surface area contributed by atoms with E-state index in [1.807, 2.05) is 10.8 Å². The van der Waals surface area contributed by atoms with E-state index in [4.69, 9.17) is 11.6 Å². The van der Waals surface area contributed by atoms with Crippen molar-refractivity contribution in [2.75, 3.05) is 17.9 Å². The Morgan fingerprint density at radius 1 is 1.21 bits per heavy atom. The smallest absolute Gasteiger partial charge is 0.264 e. The fourth-order valence-corrected chi connectivity index (χ4v) is 4.17. The first-order valence-corrected chi connectivity index (χ1v) is 10.8. The van der Waals surface area contributed by atoms with Gasteiger partial charge in [-0.1, -0.05) is 23.7 Å². The number of imidazole rings is 1. The van der Waals surface area contributed by atoms with Crippen LogP contribution in [0, 0.1) is 0 Å². The standard InChI is InChI=1S/C20H21ClN4O3S/c1-24(18-7-3-6-17(21)14-18)29(27,28)19-8-2-5-16(13-19)20(26)23-9-4-11-25-12-10-22-15-25/h2-3,5-8,10,12-15H,4,9,11H2,1H3,(H,23,26). The first-order chi connectivity index (χ1) is 13.9. The van der Waals surface area contributed by atoms with E-state index in [0.717, 1.165) is 17.3 Å². The number of benzene rings is 2. The van der Waals surface area contributed by atoms with Crippen LogP contribution in [-0.2, 0) is 16.6 Å². The van der Waals surface area contributed by atoms with Crippen LogP contribution in [0.4, 0.5) is 5.69 Å². The number of anilines is 1. The van der Waals surface area contributed by atoms with Crippen molar-refractivity contribution in [2.24, 2.45) is 0 Å². The Morgan fingerprint density at radius 3 is 2.72 bits per heavy atom. The Hall–Kier alpha value is -2.84. The number of carbonyl (C=O) groups is 1. The molecule has 152 valence electrons. The molecule has 0 saturated heterocycles. The summed E-state index contributed by atoms with van der Waals surface area (Å²) in [5.74, 6) is -0.321. The third kappa shape index (κ3) is 5.16. The molecule has 9 heteroatoms. The molecule has 0 spiro atoms. The van der Waals surface area contributed by atoms with E-state index in [2.05, 4.69) is 10.3 Å². The van der Waals surface area contributed by atoms with Gasteiger partial charge in [-0.05, 0) is 42.8 Å². The molecule has 0 aliphatic heterocycles. The number of sulfonamides is 1. The van der Waals surface area contributed by atoms with Crippen LogP contribution in [0.3, 0.4) is 0 Å². The van der Waals surface area contributed by atoms with Crippen molar-refractivity contribution < 1.29 is 13.2 Å². The SMILES string of the molecule is CN(c1cccc(Cl)c1)S(=O)(=O)c1cccc(C(=O)NCCCn2ccnc2)c1. The van der Waals surface area contributed by atoms with Crippen molar-refractivity contribution >= 4 is 33.2 Å². The summed E-state index contributed by atoms with van der Waals surface area (Å²) in [6.45, 7) is 1.20. The number of hydrogen-bond acceptors (Lipinski definition) is 4. The lowest BCUT2D eigenvalue weighted by Gasteiger charge is -2.20. The van der Waals surface area contributed by atoms with Crippen LogP contribution in [0.15, 0.2) is 72.1 Å². The van der Waals surface area contributed by atoms with Gasteiger partial charge >= 0.3 is 0 Å². The average molecular weight is 433 g/mol. The normalized spacial score (nSPS) is 11.2. The van der Waals surface area contributed by atoms with E-state index < -0.39 is 10.0 Å². The number of nitrogens with zero attached hydrogens (tertiary/aromatic N) is 3. The molecule has 0 fully saturated rings. The monoisotopic (exact) mass is 432 g/mol. The second-order valence-corrected chi connectivity index (χ2v) is 8.80. The van der Waals surface area contributed by atoms with Crippen LogP contribution >= 0.6 is 11.6 Å². The van der Waals surface area contributed by atoms with E-state index in [1.54, 1.807) is 48.9 Å². The summed E-state index contributed by atoms with van der Waals surface area (Å²) in [4.78, 5) is 16.4. The van der Waals surface area contributed by atoms with Gasteiger partial charge in [-0.25, -0.2) is 13.4 Å². The highest BCUT2D eigenvalue weighted by atomic mass is 35.5. The predicted molar refractivity (Wildman–Crippen MR) is 113 cm³/mol. The zero-order valence-electron chi connectivity index (χ0n) is 15.8. The highest BCUT2D eigenvalue weighted by Gasteiger charge is 2.22. The number of hydrogen-bond donors (Lipinski definition) is 1. The van der Waals surface area contributed by atoms with Gasteiger partial charge in [0.25, 0.3) is 15.9 Å². The zero-order valence-corrected chi connectivity index (χ0v) is 17.4. The first-order valence-electron chi connectivity index (χ1n) is 8.96. The first kappa shape index (κ1) is 20.9. The summed E-state index contributed by atoms with van der Waals surface area (Å²) in [7, 11) is -2.39. The lowest BCUT2D eigenvalue weighted by atomic mass is 10.2. The molecule has 1 N–H and O–H groups in total. The summed E-state index contributed by atoms with van der Waals surface area (Å²) in [6.07, 6.45) is 6.00. The molecule has 3 rings (SSSR count). The van der Waals surface area contributed by atoms with Crippen LogP contribution < -0.4 is 9.62 Å². The Morgan fingerprint density at radius 2 is 2.00 bits per heavy atom. The maximum atomic E-state index is 13.0. The number of aryl methyl sites for hydroxylation is 1. The fourth-order valence-electron chi connectivity index (χ4n) is 2.75. The molecule has 0 aliphatic rings. The highest BCUT2D eigenvalue weighted by Crippen LogP contribution is 2.25. The molecule has 0 saturated carbocycles. The Bertz CT molecular complexity index is 1080. The molecule has 3 aromatic rings. The Balaban J connectivity index is 1.68. The summed E-state index contributed by atoms with van der Waals surface area (Å²) in [5.41, 5.74) is 0.722. The summed E-state index contributed by atoms with van der Waals surface area (Å²) in [5, 5.41) is 3.25. The molecule has 1 aromatic heterocycles. The van der Waals surface area contributed by atoms with Gasteiger partial charge in [-0.15, -0.1) is 0 Å². The number of halogens is 1. The lowest BCUT2D eigenvalue weighted by Crippen LogP contribution is -2.28. The minimum atomic E-state index is -3.84. The summed E-state index contributed by atoms with van der Waals surface area (Å²) < 4.78 is 29.0. The van der Waals surface area contributed by atoms with Crippen LogP contribution in [0.25, 0.3) is 0 Å². The van der Waals surface area contributed by atoms with Gasteiger partial charge in [0.2, 0.25) is 0 Å². The molecule has 0 atom stereocenters. The summed E-state index contributed by atoms with van der Waals surface area (Å²) in [6, 6.07) is 12.5. The second kappa shape index (κ2) is 9.11. The van der Waals surface area contributed by atoms with E-state index in [-0.39, 0.29) is 16.4 Å².